The molecule has 0 aromatic carbocycles. The monoisotopic (exact) mass is 173 g/mol. The van der Waals surface area contributed by atoms with Crippen LogP contribution in [0.15, 0.2) is 0 Å². The van der Waals surface area contributed by atoms with E-state index in [1.165, 1.54) is 0 Å². The minimum atomic E-state index is 0.285. The normalized spacial score (nSPS) is 17.5. The zero-order valence-corrected chi connectivity index (χ0v) is 9.27. The lowest BCUT2D eigenvalue weighted by molar-refractivity contribution is 0.0854. The molecule has 2 heteroatoms. The van der Waals surface area contributed by atoms with Crippen molar-refractivity contribution in [2.75, 3.05) is 13.7 Å². The van der Waals surface area contributed by atoms with Gasteiger partial charge in [-0.1, -0.05) is 20.8 Å². The summed E-state index contributed by atoms with van der Waals surface area (Å²) < 4.78 is 5.21. The van der Waals surface area contributed by atoms with Crippen molar-refractivity contribution in [2.45, 2.75) is 46.8 Å². The molecule has 12 heavy (non-hydrogen) atoms. The van der Waals surface area contributed by atoms with Gasteiger partial charge in [0.1, 0.15) is 0 Å². The van der Waals surface area contributed by atoms with E-state index in [0.29, 0.717) is 11.5 Å². The molecule has 0 bridgehead atoms. The summed E-state index contributed by atoms with van der Waals surface area (Å²) in [7, 11) is 1.75. The molecule has 1 N–H and O–H groups in total. The van der Waals surface area contributed by atoms with E-state index in [9.17, 15) is 0 Å². The second-order valence-corrected chi connectivity index (χ2v) is 4.67. The standard InChI is InChI=1S/C10H23NO/c1-8(9(2)12-6)11-7-10(3,4)5/h8-9,11H,7H2,1-6H3. The maximum absolute atomic E-state index is 5.21. The fourth-order valence-electron chi connectivity index (χ4n) is 0.837. The number of nitrogens with one attached hydrogen (secondary N) is 1. The first-order chi connectivity index (χ1) is 5.37. The lowest BCUT2D eigenvalue weighted by Crippen LogP contribution is -2.40. The molecule has 0 aromatic heterocycles. The highest BCUT2D eigenvalue weighted by Gasteiger charge is 2.15. The Labute approximate surface area is 76.7 Å². The highest BCUT2D eigenvalue weighted by Crippen LogP contribution is 2.11. The van der Waals surface area contributed by atoms with Crippen LogP contribution in [0.2, 0.25) is 0 Å². The molecule has 0 radical (unpaired) electrons. The zero-order chi connectivity index (χ0) is 9.78. The van der Waals surface area contributed by atoms with E-state index < -0.39 is 0 Å². The summed E-state index contributed by atoms with van der Waals surface area (Å²) in [6.07, 6.45) is 0.285. The van der Waals surface area contributed by atoms with E-state index in [2.05, 4.69) is 39.9 Å². The number of hydrogen-bond donors (Lipinski definition) is 1. The average Bonchev–Trinajstić information content (AvgIpc) is 1.97. The van der Waals surface area contributed by atoms with Crippen molar-refractivity contribution in [3.05, 3.63) is 0 Å². The maximum Gasteiger partial charge on any atom is 0.0693 e. The van der Waals surface area contributed by atoms with E-state index in [4.69, 9.17) is 4.74 Å². The molecular formula is C10H23NO. The molecule has 0 aromatic rings. The summed E-state index contributed by atoms with van der Waals surface area (Å²) in [5.74, 6) is 0. The van der Waals surface area contributed by atoms with Crippen molar-refractivity contribution < 1.29 is 4.74 Å². The van der Waals surface area contributed by atoms with Crippen LogP contribution in [0, 0.1) is 5.41 Å². The lowest BCUT2D eigenvalue weighted by Gasteiger charge is -2.25. The largest absolute Gasteiger partial charge is 0.380 e. The van der Waals surface area contributed by atoms with E-state index >= 15 is 0 Å². The minimum Gasteiger partial charge on any atom is -0.380 e. The molecule has 0 aliphatic heterocycles. The van der Waals surface area contributed by atoms with Crippen LogP contribution in [0.3, 0.4) is 0 Å². The van der Waals surface area contributed by atoms with Crippen LogP contribution in [0.4, 0.5) is 0 Å². The SMILES string of the molecule is COC(C)C(C)NCC(C)(C)C. The highest BCUT2D eigenvalue weighted by molar-refractivity contribution is 4.72. The summed E-state index contributed by atoms with van der Waals surface area (Å²) >= 11 is 0. The molecule has 2 nitrogen and oxygen atoms in total. The predicted molar refractivity (Wildman–Crippen MR) is 53.4 cm³/mol. The molecule has 0 amide bonds. The molecule has 0 fully saturated rings. The van der Waals surface area contributed by atoms with Crippen LogP contribution in [-0.2, 0) is 4.74 Å². The van der Waals surface area contributed by atoms with Gasteiger partial charge >= 0.3 is 0 Å². The Hall–Kier alpha value is -0.0800. The van der Waals surface area contributed by atoms with Gasteiger partial charge in [0.25, 0.3) is 0 Å². The molecule has 2 atom stereocenters. The Morgan fingerprint density at radius 1 is 1.25 bits per heavy atom. The third kappa shape index (κ3) is 5.56. The molecule has 0 spiro atoms. The topological polar surface area (TPSA) is 21.3 Å². The second-order valence-electron chi connectivity index (χ2n) is 4.67. The number of ether oxygens (including phenoxy) is 1. The van der Waals surface area contributed by atoms with Crippen LogP contribution in [0.5, 0.6) is 0 Å². The van der Waals surface area contributed by atoms with Gasteiger partial charge in [-0.3, -0.25) is 0 Å². The second kappa shape index (κ2) is 4.83. The third-order valence-corrected chi connectivity index (χ3v) is 2.03. The van der Waals surface area contributed by atoms with E-state index in [1.807, 2.05) is 0 Å². The van der Waals surface area contributed by atoms with Gasteiger partial charge in [-0.15, -0.1) is 0 Å². The molecule has 0 saturated carbocycles. The Bertz CT molecular complexity index is 117. The van der Waals surface area contributed by atoms with Gasteiger partial charge in [-0.25, -0.2) is 0 Å². The molecule has 0 rings (SSSR count). The Morgan fingerprint density at radius 3 is 2.08 bits per heavy atom. The fourth-order valence-corrected chi connectivity index (χ4v) is 0.837. The van der Waals surface area contributed by atoms with Gasteiger partial charge < -0.3 is 10.1 Å². The van der Waals surface area contributed by atoms with Crippen LogP contribution in [-0.4, -0.2) is 25.8 Å². The molecule has 0 saturated heterocycles. The lowest BCUT2D eigenvalue weighted by atomic mass is 9.96. The molecule has 0 heterocycles. The number of rotatable bonds is 4. The van der Waals surface area contributed by atoms with Crippen molar-refractivity contribution >= 4 is 0 Å². The van der Waals surface area contributed by atoms with Crippen molar-refractivity contribution in [3.8, 4) is 0 Å². The third-order valence-electron chi connectivity index (χ3n) is 2.03. The first kappa shape index (κ1) is 11.9. The van der Waals surface area contributed by atoms with Crippen molar-refractivity contribution in [1.82, 2.24) is 5.32 Å². The molecule has 0 aliphatic carbocycles. The van der Waals surface area contributed by atoms with Gasteiger partial charge in [-0.2, -0.15) is 0 Å². The molecule has 74 valence electrons. The van der Waals surface area contributed by atoms with Crippen LogP contribution < -0.4 is 5.32 Å². The first-order valence-electron chi connectivity index (χ1n) is 4.63. The van der Waals surface area contributed by atoms with Crippen molar-refractivity contribution in [3.63, 3.8) is 0 Å². The van der Waals surface area contributed by atoms with Gasteiger partial charge in [-0.05, 0) is 19.3 Å². The van der Waals surface area contributed by atoms with Gasteiger partial charge in [0.2, 0.25) is 0 Å². The van der Waals surface area contributed by atoms with Crippen LogP contribution in [0.1, 0.15) is 34.6 Å². The summed E-state index contributed by atoms with van der Waals surface area (Å²) in [6, 6.07) is 0.425. The summed E-state index contributed by atoms with van der Waals surface area (Å²) in [5, 5.41) is 3.45. The molecule has 2 unspecified atom stereocenters. The van der Waals surface area contributed by atoms with Crippen molar-refractivity contribution in [1.29, 1.82) is 0 Å². The predicted octanol–water partition coefficient (Wildman–Crippen LogP) is 2.05. The Balaban J connectivity index is 3.64. The van der Waals surface area contributed by atoms with Gasteiger partial charge in [0.05, 0.1) is 6.10 Å². The minimum absolute atomic E-state index is 0.285. The van der Waals surface area contributed by atoms with Crippen molar-refractivity contribution in [2.24, 2.45) is 5.41 Å². The number of methoxy groups -OCH3 is 1. The molecular weight excluding hydrogens is 150 g/mol. The average molecular weight is 173 g/mol. The van der Waals surface area contributed by atoms with E-state index in [1.54, 1.807) is 7.11 Å². The zero-order valence-electron chi connectivity index (χ0n) is 9.27. The van der Waals surface area contributed by atoms with E-state index in [0.717, 1.165) is 6.54 Å². The van der Waals surface area contributed by atoms with Gasteiger partial charge in [0.15, 0.2) is 0 Å². The summed E-state index contributed by atoms with van der Waals surface area (Å²) in [5.41, 5.74) is 0.349. The van der Waals surface area contributed by atoms with E-state index in [-0.39, 0.29) is 6.10 Å². The van der Waals surface area contributed by atoms with Crippen LogP contribution >= 0.6 is 0 Å². The fraction of sp³-hybridized carbons (Fsp3) is 1.00. The Morgan fingerprint density at radius 2 is 1.75 bits per heavy atom. The molecule has 0 aliphatic rings. The number of hydrogen-bond acceptors (Lipinski definition) is 2. The Kier molecular flexibility index (Phi) is 4.80. The van der Waals surface area contributed by atoms with Crippen LogP contribution in [0.25, 0.3) is 0 Å². The summed E-state index contributed by atoms with van der Waals surface area (Å²) in [4.78, 5) is 0. The quantitative estimate of drug-likeness (QED) is 0.702. The first-order valence-corrected chi connectivity index (χ1v) is 4.63. The maximum atomic E-state index is 5.21. The van der Waals surface area contributed by atoms with Gasteiger partial charge in [0, 0.05) is 19.7 Å². The smallest absolute Gasteiger partial charge is 0.0693 e. The highest BCUT2D eigenvalue weighted by atomic mass is 16.5. The summed E-state index contributed by atoms with van der Waals surface area (Å²) in [6.45, 7) is 11.9.